The van der Waals surface area contributed by atoms with Crippen molar-refractivity contribution < 1.29 is 4.39 Å². The number of aromatic amines is 1. The van der Waals surface area contributed by atoms with E-state index >= 15 is 0 Å². The molecule has 0 amide bonds. The minimum absolute atomic E-state index is 0.285. The fourth-order valence-corrected chi connectivity index (χ4v) is 3.64. The highest BCUT2D eigenvalue weighted by atomic mass is 19.1. The summed E-state index contributed by atoms with van der Waals surface area (Å²) in [6.45, 7) is 3.48. The molecule has 3 heterocycles. The minimum Gasteiger partial charge on any atom is -0.341 e. The molecule has 1 aromatic carbocycles. The van der Waals surface area contributed by atoms with E-state index in [1.54, 1.807) is 12.4 Å². The normalized spacial score (nSPS) is 18.3. The predicted octanol–water partition coefficient (Wildman–Crippen LogP) is 2.64. The van der Waals surface area contributed by atoms with Gasteiger partial charge in [-0.2, -0.15) is 0 Å². The van der Waals surface area contributed by atoms with E-state index in [-0.39, 0.29) is 5.82 Å². The molecule has 6 nitrogen and oxygen atoms in total. The fourth-order valence-electron chi connectivity index (χ4n) is 3.64. The molecule has 1 unspecified atom stereocenters. The van der Waals surface area contributed by atoms with Crippen LogP contribution in [0.2, 0.25) is 0 Å². The van der Waals surface area contributed by atoms with Crippen LogP contribution >= 0.6 is 0 Å². The molecule has 0 saturated carbocycles. The van der Waals surface area contributed by atoms with E-state index in [1.807, 2.05) is 18.5 Å². The number of benzene rings is 1. The second kappa shape index (κ2) is 7.88. The van der Waals surface area contributed by atoms with Crippen molar-refractivity contribution in [1.82, 2.24) is 30.2 Å². The Hall–Kier alpha value is -2.38. The Kier molecular flexibility index (Phi) is 5.17. The topological polar surface area (TPSA) is 69.7 Å². The molecule has 1 aliphatic heterocycles. The molecule has 2 aromatic heterocycles. The predicted molar refractivity (Wildman–Crippen MR) is 97.8 cm³/mol. The van der Waals surface area contributed by atoms with E-state index in [1.165, 1.54) is 6.07 Å². The van der Waals surface area contributed by atoms with Crippen molar-refractivity contribution in [2.45, 2.75) is 38.4 Å². The molecule has 1 fully saturated rings. The van der Waals surface area contributed by atoms with Crippen LogP contribution in [0, 0.1) is 5.82 Å². The van der Waals surface area contributed by atoms with Gasteiger partial charge in [-0.15, -0.1) is 0 Å². The van der Waals surface area contributed by atoms with Gasteiger partial charge in [0.25, 0.3) is 0 Å². The summed E-state index contributed by atoms with van der Waals surface area (Å²) in [6.07, 6.45) is 8.63. The molecule has 2 N–H and O–H groups in total. The number of nitrogens with zero attached hydrogens (tertiary/aromatic N) is 4. The maximum Gasteiger partial charge on any atom is 0.151 e. The van der Waals surface area contributed by atoms with Crippen LogP contribution in [-0.4, -0.2) is 44.0 Å². The minimum atomic E-state index is -0.285. The largest absolute Gasteiger partial charge is 0.341 e. The summed E-state index contributed by atoms with van der Waals surface area (Å²) in [7, 11) is 0. The first-order valence-electron chi connectivity index (χ1n) is 9.11. The van der Waals surface area contributed by atoms with Crippen molar-refractivity contribution in [3.63, 3.8) is 0 Å². The lowest BCUT2D eigenvalue weighted by Gasteiger charge is -2.30. The van der Waals surface area contributed by atoms with Crippen molar-refractivity contribution in [1.29, 1.82) is 0 Å². The number of imidazole rings is 1. The summed E-state index contributed by atoms with van der Waals surface area (Å²) < 4.78 is 14.0. The van der Waals surface area contributed by atoms with Crippen LogP contribution in [-0.2, 0) is 13.1 Å². The van der Waals surface area contributed by atoms with Gasteiger partial charge in [-0.3, -0.25) is 4.90 Å². The summed E-state index contributed by atoms with van der Waals surface area (Å²) in [5.41, 5.74) is 2.23. The number of nitrogens with one attached hydrogen (secondary N) is 2. The van der Waals surface area contributed by atoms with E-state index in [2.05, 4.69) is 30.2 Å². The third kappa shape index (κ3) is 3.89. The van der Waals surface area contributed by atoms with E-state index in [4.69, 9.17) is 0 Å². The highest BCUT2D eigenvalue weighted by Gasteiger charge is 2.22. The number of hydrogen-bond donors (Lipinski definition) is 2. The number of fused-ring (bicyclic) bond motifs is 1. The lowest BCUT2D eigenvalue weighted by molar-refractivity contribution is 0.160. The average Bonchev–Trinajstić information content (AvgIpc) is 2.88. The molecule has 26 heavy (non-hydrogen) atoms. The first-order chi connectivity index (χ1) is 12.8. The zero-order chi connectivity index (χ0) is 17.8. The Morgan fingerprint density at radius 2 is 2.00 bits per heavy atom. The van der Waals surface area contributed by atoms with Gasteiger partial charge in [-0.25, -0.2) is 19.3 Å². The number of H-pyrrole nitrogens is 1. The third-order valence-electron chi connectivity index (χ3n) is 4.93. The number of aromatic nitrogens is 4. The molecule has 7 heteroatoms. The summed E-state index contributed by atoms with van der Waals surface area (Å²) in [4.78, 5) is 18.4. The maximum atomic E-state index is 14.0. The van der Waals surface area contributed by atoms with Gasteiger partial charge in [0.2, 0.25) is 0 Å². The molecule has 1 atom stereocenters. The Morgan fingerprint density at radius 3 is 2.85 bits per heavy atom. The molecule has 0 bridgehead atoms. The van der Waals surface area contributed by atoms with Gasteiger partial charge in [0, 0.05) is 30.5 Å². The second-order valence-corrected chi connectivity index (χ2v) is 6.81. The SMILES string of the molecule is Fc1cccc2[nH]c(CN(Cc3cncnc3)C3CCCNCC3)nc12. The van der Waals surface area contributed by atoms with Crippen molar-refractivity contribution in [3.8, 4) is 0 Å². The van der Waals surface area contributed by atoms with Crippen LogP contribution < -0.4 is 5.32 Å². The van der Waals surface area contributed by atoms with Gasteiger partial charge in [0.1, 0.15) is 17.7 Å². The number of para-hydroxylation sites is 1. The molecule has 1 saturated heterocycles. The van der Waals surface area contributed by atoms with Crippen LogP contribution in [0.1, 0.15) is 30.7 Å². The number of rotatable bonds is 5. The van der Waals surface area contributed by atoms with Crippen molar-refractivity contribution >= 4 is 11.0 Å². The summed E-state index contributed by atoms with van der Waals surface area (Å²) in [5.74, 6) is 0.505. The van der Waals surface area contributed by atoms with Gasteiger partial charge < -0.3 is 10.3 Å². The molecular formula is C19H23FN6. The fraction of sp³-hybridized carbons (Fsp3) is 0.421. The lowest BCUT2D eigenvalue weighted by Crippen LogP contribution is -2.35. The lowest BCUT2D eigenvalue weighted by atomic mass is 10.1. The van der Waals surface area contributed by atoms with E-state index in [9.17, 15) is 4.39 Å². The van der Waals surface area contributed by atoms with Crippen LogP contribution in [0.5, 0.6) is 0 Å². The van der Waals surface area contributed by atoms with Gasteiger partial charge >= 0.3 is 0 Å². The Morgan fingerprint density at radius 1 is 1.12 bits per heavy atom. The molecule has 3 aromatic rings. The number of hydrogen-bond acceptors (Lipinski definition) is 5. The first-order valence-corrected chi connectivity index (χ1v) is 9.11. The third-order valence-corrected chi connectivity index (χ3v) is 4.93. The van der Waals surface area contributed by atoms with E-state index in [0.717, 1.165) is 55.8 Å². The molecule has 0 aliphatic carbocycles. The molecule has 0 radical (unpaired) electrons. The monoisotopic (exact) mass is 354 g/mol. The molecule has 4 rings (SSSR count). The maximum absolute atomic E-state index is 14.0. The highest BCUT2D eigenvalue weighted by molar-refractivity contribution is 5.75. The van der Waals surface area contributed by atoms with Gasteiger partial charge in [0.15, 0.2) is 5.82 Å². The summed E-state index contributed by atoms with van der Waals surface area (Å²) >= 11 is 0. The number of halogens is 1. The van der Waals surface area contributed by atoms with Gasteiger partial charge in [0.05, 0.1) is 12.1 Å². The second-order valence-electron chi connectivity index (χ2n) is 6.81. The van der Waals surface area contributed by atoms with Crippen LogP contribution in [0.15, 0.2) is 36.9 Å². The summed E-state index contributed by atoms with van der Waals surface area (Å²) in [6, 6.07) is 5.46. The first kappa shape index (κ1) is 17.1. The molecule has 0 spiro atoms. The van der Waals surface area contributed by atoms with Crippen LogP contribution in [0.4, 0.5) is 4.39 Å². The van der Waals surface area contributed by atoms with Gasteiger partial charge in [-0.05, 0) is 44.5 Å². The Labute approximate surface area is 151 Å². The molecular weight excluding hydrogens is 331 g/mol. The summed E-state index contributed by atoms with van der Waals surface area (Å²) in [5, 5.41) is 3.46. The zero-order valence-electron chi connectivity index (χ0n) is 14.7. The van der Waals surface area contributed by atoms with E-state index < -0.39 is 0 Å². The van der Waals surface area contributed by atoms with Gasteiger partial charge in [-0.1, -0.05) is 6.07 Å². The quantitative estimate of drug-likeness (QED) is 0.737. The van der Waals surface area contributed by atoms with Crippen molar-refractivity contribution in [3.05, 3.63) is 54.1 Å². The average molecular weight is 354 g/mol. The zero-order valence-corrected chi connectivity index (χ0v) is 14.7. The molecule has 136 valence electrons. The standard InChI is InChI=1S/C19H23FN6/c20-16-4-1-5-17-19(16)25-18(24-17)12-26(11-14-9-22-13-23-10-14)15-3-2-7-21-8-6-15/h1,4-5,9-10,13,15,21H,2-3,6-8,11-12H2,(H,24,25). The Bertz CT molecular complexity index is 842. The van der Waals surface area contributed by atoms with Crippen molar-refractivity contribution in [2.75, 3.05) is 13.1 Å². The smallest absolute Gasteiger partial charge is 0.151 e. The Balaban J connectivity index is 1.59. The van der Waals surface area contributed by atoms with Crippen LogP contribution in [0.25, 0.3) is 11.0 Å². The van der Waals surface area contributed by atoms with E-state index in [0.29, 0.717) is 18.1 Å². The van der Waals surface area contributed by atoms with Crippen molar-refractivity contribution in [2.24, 2.45) is 0 Å². The van der Waals surface area contributed by atoms with Crippen LogP contribution in [0.3, 0.4) is 0 Å². The molecule has 1 aliphatic rings. The highest BCUT2D eigenvalue weighted by Crippen LogP contribution is 2.21.